The number of allylic oxidation sites excluding steroid dienone is 2. The molecule has 0 N–H and O–H groups in total. The average Bonchev–Trinajstić information content (AvgIpc) is 2.82. The minimum absolute atomic E-state index is 0.844. The first kappa shape index (κ1) is 8.64. The Labute approximate surface area is 91.1 Å². The van der Waals surface area contributed by atoms with Crippen molar-refractivity contribution in [3.05, 3.63) is 29.7 Å². The van der Waals surface area contributed by atoms with Gasteiger partial charge in [0.15, 0.2) is 4.62 Å². The molecule has 0 amide bonds. The molecule has 0 saturated carbocycles. The zero-order chi connectivity index (χ0) is 8.89. The van der Waals surface area contributed by atoms with Crippen LogP contribution in [0.1, 0.15) is 12.8 Å². The maximum atomic E-state index is 4.09. The number of fused-ring (bicyclic) bond motifs is 2. The van der Waals surface area contributed by atoms with Gasteiger partial charge >= 0.3 is 0 Å². The van der Waals surface area contributed by atoms with Crippen LogP contribution in [0.3, 0.4) is 0 Å². The lowest BCUT2D eigenvalue weighted by Gasteiger charge is -2.16. The summed E-state index contributed by atoms with van der Waals surface area (Å²) >= 11 is 6.01. The van der Waals surface area contributed by atoms with Crippen molar-refractivity contribution in [3.63, 3.8) is 0 Å². The molecule has 1 aromatic heterocycles. The van der Waals surface area contributed by atoms with E-state index in [0.717, 1.165) is 11.3 Å². The van der Waals surface area contributed by atoms with Gasteiger partial charge in [0.2, 0.25) is 0 Å². The Kier molecular flexibility index (Phi) is 1.94. The number of hydrogen-bond donors (Lipinski definition) is 0. The monoisotopic (exact) mass is 273 g/mol. The maximum Gasteiger partial charge on any atom is 0.158 e. The van der Waals surface area contributed by atoms with Gasteiger partial charge < -0.3 is 0 Å². The molecule has 3 heteroatoms. The van der Waals surface area contributed by atoms with E-state index in [9.17, 15) is 0 Å². The number of halogens is 1. The van der Waals surface area contributed by atoms with Gasteiger partial charge in [0.25, 0.3) is 0 Å². The topological polar surface area (TPSA) is 0 Å². The Morgan fingerprint density at radius 1 is 1.31 bits per heavy atom. The van der Waals surface area contributed by atoms with Crippen molar-refractivity contribution < 1.29 is 0 Å². The van der Waals surface area contributed by atoms with Crippen LogP contribution in [-0.2, 0) is 0 Å². The summed E-state index contributed by atoms with van der Waals surface area (Å²) in [4.78, 5) is 0. The molecular weight excluding hydrogens is 263 g/mol. The van der Waals surface area contributed by atoms with Crippen molar-refractivity contribution in [1.82, 2.24) is 0 Å². The summed E-state index contributed by atoms with van der Waals surface area (Å²) in [5.41, 5.74) is 1.69. The van der Waals surface area contributed by atoms with E-state index in [1.165, 1.54) is 12.8 Å². The van der Waals surface area contributed by atoms with Gasteiger partial charge in [-0.1, -0.05) is 0 Å². The Hall–Kier alpha value is 0.350. The smallest absolute Gasteiger partial charge is 0.107 e. The zero-order valence-corrected chi connectivity index (χ0v) is 10.5. The van der Waals surface area contributed by atoms with E-state index < -0.39 is 5.96 Å². The first-order valence-electron chi connectivity index (χ1n) is 4.62. The summed E-state index contributed by atoms with van der Waals surface area (Å²) in [5, 5.41) is 2.20. The lowest BCUT2D eigenvalue weighted by molar-refractivity contribution is 0.804. The summed E-state index contributed by atoms with van der Waals surface area (Å²) in [7, 11) is 0. The van der Waals surface area contributed by atoms with Crippen molar-refractivity contribution >= 4 is 37.4 Å². The van der Waals surface area contributed by atoms with E-state index in [1.54, 1.807) is 4.62 Å². The third-order valence-electron chi connectivity index (χ3n) is 3.12. The quantitative estimate of drug-likeness (QED) is 0.539. The van der Waals surface area contributed by atoms with Crippen LogP contribution >= 0.6 is 32.8 Å². The minimum atomic E-state index is -0.976. The molecule has 13 heavy (non-hydrogen) atoms. The van der Waals surface area contributed by atoms with Gasteiger partial charge in [-0.05, 0) is 42.5 Å². The highest BCUT2D eigenvalue weighted by atomic mass is 79.9. The summed E-state index contributed by atoms with van der Waals surface area (Å²) < 4.78 is 1.62. The predicted octanol–water partition coefficient (Wildman–Crippen LogP) is 3.80. The highest BCUT2D eigenvalue weighted by molar-refractivity contribution is 9.43. The van der Waals surface area contributed by atoms with E-state index >= 15 is 0 Å². The second kappa shape index (κ2) is 2.92. The summed E-state index contributed by atoms with van der Waals surface area (Å²) in [6.07, 6.45) is 7.68. The molecule has 2 aliphatic heterocycles. The zero-order valence-electron chi connectivity index (χ0n) is 7.19. The molecule has 68 valence electrons. The molecule has 3 rings (SSSR count). The number of rotatable bonds is 1. The summed E-state index contributed by atoms with van der Waals surface area (Å²) in [6, 6.07) is 4.49. The molecule has 3 heterocycles. The molecule has 0 aromatic carbocycles. The normalized spacial score (nSPS) is 41.6. The summed E-state index contributed by atoms with van der Waals surface area (Å²) in [5.74, 6) is -0.976. The Morgan fingerprint density at radius 3 is 2.46 bits per heavy atom. The van der Waals surface area contributed by atoms with E-state index in [1.807, 2.05) is 11.3 Å². The van der Waals surface area contributed by atoms with Gasteiger partial charge in [0, 0.05) is 0 Å². The lowest BCUT2D eigenvalue weighted by atomic mass is 10.1. The lowest BCUT2D eigenvalue weighted by Crippen LogP contribution is -2.10. The van der Waals surface area contributed by atoms with E-state index in [0.29, 0.717) is 0 Å². The molecule has 0 spiro atoms. The van der Waals surface area contributed by atoms with Gasteiger partial charge in [0.1, 0.15) is 32.8 Å². The van der Waals surface area contributed by atoms with Crippen LogP contribution in [0, 0.1) is 0 Å². The molecule has 1 fully saturated rings. The number of hydrogen-bond acceptors (Lipinski definition) is 1. The van der Waals surface area contributed by atoms with Crippen LogP contribution in [0.25, 0.3) is 0 Å². The fourth-order valence-corrected chi connectivity index (χ4v) is 10.9. The van der Waals surface area contributed by atoms with Crippen LogP contribution in [-0.4, -0.2) is 11.3 Å². The third kappa shape index (κ3) is 1.06. The fraction of sp³-hybridized carbons (Fsp3) is 0.400. The highest BCUT2D eigenvalue weighted by Gasteiger charge is 2.59. The van der Waals surface area contributed by atoms with Gasteiger partial charge in [-0.15, -0.1) is 11.3 Å². The van der Waals surface area contributed by atoms with E-state index in [2.05, 4.69) is 45.2 Å². The van der Waals surface area contributed by atoms with Crippen LogP contribution in [0.4, 0.5) is 0 Å². The SMILES string of the molecule is Br[P+]1(c2cccs2)C2C=CC1CC2. The average molecular weight is 274 g/mol. The molecule has 2 bridgehead atoms. The molecular formula is C10H11BrPS+. The minimum Gasteiger partial charge on any atom is -0.107 e. The summed E-state index contributed by atoms with van der Waals surface area (Å²) in [6.45, 7) is 0. The largest absolute Gasteiger partial charge is 0.158 e. The Bertz CT molecular complexity index is 330. The Balaban J connectivity index is 2.08. The molecule has 0 radical (unpaired) electrons. The van der Waals surface area contributed by atoms with Crippen molar-refractivity contribution in [2.24, 2.45) is 0 Å². The van der Waals surface area contributed by atoms with Crippen LogP contribution < -0.4 is 4.62 Å². The van der Waals surface area contributed by atoms with Crippen molar-refractivity contribution in [2.75, 3.05) is 0 Å². The highest BCUT2D eigenvalue weighted by Crippen LogP contribution is 2.81. The van der Waals surface area contributed by atoms with Gasteiger partial charge in [-0.2, -0.15) is 0 Å². The first-order valence-corrected chi connectivity index (χ1v) is 9.45. The molecule has 0 aliphatic carbocycles. The van der Waals surface area contributed by atoms with Crippen LogP contribution in [0.5, 0.6) is 0 Å². The second-order valence-electron chi connectivity index (χ2n) is 3.74. The van der Waals surface area contributed by atoms with E-state index in [-0.39, 0.29) is 0 Å². The first-order chi connectivity index (χ1) is 6.32. The molecule has 1 saturated heterocycles. The maximum absolute atomic E-state index is 4.09. The predicted molar refractivity (Wildman–Crippen MR) is 65.8 cm³/mol. The van der Waals surface area contributed by atoms with E-state index in [4.69, 9.17) is 0 Å². The second-order valence-corrected chi connectivity index (χ2v) is 11.7. The molecule has 0 nitrogen and oxygen atoms in total. The molecule has 2 unspecified atom stereocenters. The van der Waals surface area contributed by atoms with Crippen molar-refractivity contribution in [2.45, 2.75) is 24.2 Å². The Morgan fingerprint density at radius 2 is 2.00 bits per heavy atom. The van der Waals surface area contributed by atoms with Crippen LogP contribution in [0.15, 0.2) is 29.7 Å². The van der Waals surface area contributed by atoms with Crippen LogP contribution in [0.2, 0.25) is 0 Å². The molecule has 1 aromatic rings. The molecule has 2 aliphatic rings. The van der Waals surface area contributed by atoms with Gasteiger partial charge in [-0.3, -0.25) is 0 Å². The number of thiophene rings is 1. The fourth-order valence-electron chi connectivity index (χ4n) is 2.45. The van der Waals surface area contributed by atoms with Crippen molar-refractivity contribution in [1.29, 1.82) is 0 Å². The standard InChI is InChI=1S/C10H11BrPS/c11-12(10-2-1-7-13-10)8-3-4-9(12)6-5-8/h1-4,7-9H,5-6H2/q+1. The van der Waals surface area contributed by atoms with Crippen molar-refractivity contribution in [3.8, 4) is 0 Å². The third-order valence-corrected chi connectivity index (χ3v) is 13.6. The van der Waals surface area contributed by atoms with Gasteiger partial charge in [-0.25, -0.2) is 0 Å². The molecule has 2 atom stereocenters. The van der Waals surface area contributed by atoms with Gasteiger partial charge in [0.05, 0.1) is 0 Å².